The first kappa shape index (κ1) is 12.4. The van der Waals surface area contributed by atoms with E-state index in [1.807, 2.05) is 0 Å². The van der Waals surface area contributed by atoms with Crippen molar-refractivity contribution in [1.29, 1.82) is 0 Å². The molecule has 80 valence electrons. The molecule has 6 heteroatoms. The maximum atomic E-state index is 10.9. The molecule has 0 aliphatic carbocycles. The van der Waals surface area contributed by atoms with Gasteiger partial charge in [0.1, 0.15) is 0 Å². The molecule has 2 amide bonds. The zero-order valence-electron chi connectivity index (χ0n) is 8.25. The van der Waals surface area contributed by atoms with Gasteiger partial charge in [0.25, 0.3) is 0 Å². The lowest BCUT2D eigenvalue weighted by atomic mass is 10.4. The molecule has 0 aliphatic rings. The molecule has 0 aliphatic heterocycles. The van der Waals surface area contributed by atoms with E-state index < -0.39 is 11.9 Å². The number of nitrogens with one attached hydrogen (secondary N) is 2. The standard InChI is InChI=1S/C8H14N2O4/c1-3-7(12)9-4-8(13)10-5-14-6(2)11/h3-5H2,1-2H3,(H,9,12)(H,10,13). The highest BCUT2D eigenvalue weighted by molar-refractivity contribution is 5.84. The van der Waals surface area contributed by atoms with Crippen molar-refractivity contribution in [2.24, 2.45) is 0 Å². The Hall–Kier alpha value is -1.59. The molecule has 0 atom stereocenters. The van der Waals surface area contributed by atoms with Crippen LogP contribution in [0.2, 0.25) is 0 Å². The molecule has 0 heterocycles. The third kappa shape index (κ3) is 7.08. The summed E-state index contributed by atoms with van der Waals surface area (Å²) in [6.07, 6.45) is 0.331. The second kappa shape index (κ2) is 6.88. The minimum Gasteiger partial charge on any atom is -0.445 e. The molecule has 14 heavy (non-hydrogen) atoms. The Balaban J connectivity index is 3.46. The molecular formula is C8H14N2O4. The van der Waals surface area contributed by atoms with Crippen LogP contribution in [0.3, 0.4) is 0 Å². The quantitative estimate of drug-likeness (QED) is 0.449. The predicted molar refractivity (Wildman–Crippen MR) is 48.1 cm³/mol. The van der Waals surface area contributed by atoms with E-state index in [9.17, 15) is 14.4 Å². The van der Waals surface area contributed by atoms with Crippen molar-refractivity contribution in [3.63, 3.8) is 0 Å². The van der Waals surface area contributed by atoms with Gasteiger partial charge in [-0.25, -0.2) is 0 Å². The summed E-state index contributed by atoms with van der Waals surface area (Å²) in [5.41, 5.74) is 0. The van der Waals surface area contributed by atoms with Gasteiger partial charge in [-0.15, -0.1) is 0 Å². The smallest absolute Gasteiger partial charge is 0.304 e. The fourth-order valence-electron chi connectivity index (χ4n) is 0.585. The zero-order valence-corrected chi connectivity index (χ0v) is 8.25. The first-order valence-corrected chi connectivity index (χ1v) is 4.23. The molecule has 0 aromatic rings. The van der Waals surface area contributed by atoms with E-state index in [2.05, 4.69) is 15.4 Å². The van der Waals surface area contributed by atoms with E-state index in [0.717, 1.165) is 0 Å². The topological polar surface area (TPSA) is 84.5 Å². The lowest BCUT2D eigenvalue weighted by Gasteiger charge is -2.05. The highest BCUT2D eigenvalue weighted by Gasteiger charge is 2.02. The van der Waals surface area contributed by atoms with Gasteiger partial charge in [-0.3, -0.25) is 14.4 Å². The van der Waals surface area contributed by atoms with E-state index in [4.69, 9.17) is 0 Å². The number of hydrogen-bond acceptors (Lipinski definition) is 4. The molecule has 0 aromatic carbocycles. The lowest BCUT2D eigenvalue weighted by Crippen LogP contribution is -2.37. The Labute approximate surface area is 82.0 Å². The number of carbonyl (C=O) groups excluding carboxylic acids is 3. The number of esters is 1. The predicted octanol–water partition coefficient (Wildman–Crippen LogP) is -0.851. The number of rotatable bonds is 5. The minimum absolute atomic E-state index is 0.103. The van der Waals surface area contributed by atoms with Gasteiger partial charge in [0.2, 0.25) is 11.8 Å². The summed E-state index contributed by atoms with van der Waals surface area (Å²) in [6, 6.07) is 0. The molecule has 0 radical (unpaired) electrons. The number of carbonyl (C=O) groups is 3. The summed E-state index contributed by atoms with van der Waals surface area (Å²) in [6.45, 7) is 2.65. The van der Waals surface area contributed by atoms with Crippen LogP contribution < -0.4 is 10.6 Å². The number of hydrogen-bond donors (Lipinski definition) is 2. The molecule has 0 bridgehead atoms. The Morgan fingerprint density at radius 2 is 1.79 bits per heavy atom. The second-order valence-corrected chi connectivity index (χ2v) is 2.51. The fourth-order valence-corrected chi connectivity index (χ4v) is 0.585. The Morgan fingerprint density at radius 3 is 2.29 bits per heavy atom. The van der Waals surface area contributed by atoms with Gasteiger partial charge in [0, 0.05) is 13.3 Å². The summed E-state index contributed by atoms with van der Waals surface area (Å²) < 4.78 is 4.46. The van der Waals surface area contributed by atoms with Crippen LogP contribution in [-0.2, 0) is 19.1 Å². The fraction of sp³-hybridized carbons (Fsp3) is 0.625. The van der Waals surface area contributed by atoms with Crippen molar-refractivity contribution in [1.82, 2.24) is 10.6 Å². The van der Waals surface area contributed by atoms with Crippen LogP contribution in [0.4, 0.5) is 0 Å². The lowest BCUT2D eigenvalue weighted by molar-refractivity contribution is -0.143. The van der Waals surface area contributed by atoms with Gasteiger partial charge < -0.3 is 15.4 Å². The Kier molecular flexibility index (Phi) is 6.09. The highest BCUT2D eigenvalue weighted by Crippen LogP contribution is 1.75. The van der Waals surface area contributed by atoms with Crippen molar-refractivity contribution in [2.45, 2.75) is 20.3 Å². The zero-order chi connectivity index (χ0) is 11.0. The SMILES string of the molecule is CCC(=O)NCC(=O)NCOC(C)=O. The highest BCUT2D eigenvalue weighted by atomic mass is 16.5. The average molecular weight is 202 g/mol. The molecule has 0 aromatic heterocycles. The Bertz CT molecular complexity index is 227. The Morgan fingerprint density at radius 1 is 1.14 bits per heavy atom. The minimum atomic E-state index is -0.470. The van der Waals surface area contributed by atoms with Crippen LogP contribution in [0.15, 0.2) is 0 Å². The summed E-state index contributed by atoms with van der Waals surface area (Å²) in [5.74, 6) is -1.07. The van der Waals surface area contributed by atoms with Gasteiger partial charge in [-0.2, -0.15) is 0 Å². The molecule has 0 rings (SSSR count). The molecule has 0 saturated carbocycles. The van der Waals surface area contributed by atoms with Crippen LogP contribution in [-0.4, -0.2) is 31.1 Å². The average Bonchev–Trinajstić information content (AvgIpc) is 2.13. The maximum Gasteiger partial charge on any atom is 0.304 e. The van der Waals surface area contributed by atoms with Crippen LogP contribution in [0.5, 0.6) is 0 Å². The van der Waals surface area contributed by atoms with E-state index in [0.29, 0.717) is 6.42 Å². The largest absolute Gasteiger partial charge is 0.445 e. The molecule has 0 fully saturated rings. The summed E-state index contributed by atoms with van der Waals surface area (Å²) in [5, 5.41) is 4.68. The van der Waals surface area contributed by atoms with E-state index in [-0.39, 0.29) is 19.2 Å². The van der Waals surface area contributed by atoms with Crippen LogP contribution in [0.1, 0.15) is 20.3 Å². The first-order chi connectivity index (χ1) is 6.56. The van der Waals surface area contributed by atoms with Crippen LogP contribution in [0, 0.1) is 0 Å². The van der Waals surface area contributed by atoms with Gasteiger partial charge in [0.05, 0.1) is 6.54 Å². The van der Waals surface area contributed by atoms with Gasteiger partial charge in [0.15, 0.2) is 6.73 Å². The van der Waals surface area contributed by atoms with E-state index in [1.54, 1.807) is 6.92 Å². The van der Waals surface area contributed by atoms with Gasteiger partial charge in [-0.05, 0) is 0 Å². The van der Waals surface area contributed by atoms with Crippen LogP contribution in [0.25, 0.3) is 0 Å². The summed E-state index contributed by atoms with van der Waals surface area (Å²) in [4.78, 5) is 31.9. The van der Waals surface area contributed by atoms with Crippen molar-refractivity contribution in [2.75, 3.05) is 13.3 Å². The number of ether oxygens (including phenoxy) is 1. The van der Waals surface area contributed by atoms with Crippen molar-refractivity contribution in [3.8, 4) is 0 Å². The van der Waals surface area contributed by atoms with Crippen LogP contribution >= 0.6 is 0 Å². The summed E-state index contributed by atoms with van der Waals surface area (Å²) >= 11 is 0. The van der Waals surface area contributed by atoms with Crippen molar-refractivity contribution < 1.29 is 19.1 Å². The normalized spacial score (nSPS) is 9.00. The molecule has 0 spiro atoms. The molecule has 0 saturated heterocycles. The molecule has 6 nitrogen and oxygen atoms in total. The number of amides is 2. The molecule has 2 N–H and O–H groups in total. The van der Waals surface area contributed by atoms with Crippen molar-refractivity contribution >= 4 is 17.8 Å². The maximum absolute atomic E-state index is 10.9. The third-order valence-electron chi connectivity index (χ3n) is 1.31. The monoisotopic (exact) mass is 202 g/mol. The van der Waals surface area contributed by atoms with Gasteiger partial charge >= 0.3 is 5.97 Å². The molecular weight excluding hydrogens is 188 g/mol. The third-order valence-corrected chi connectivity index (χ3v) is 1.31. The van der Waals surface area contributed by atoms with E-state index >= 15 is 0 Å². The van der Waals surface area contributed by atoms with Gasteiger partial charge in [-0.1, -0.05) is 6.92 Å². The second-order valence-electron chi connectivity index (χ2n) is 2.51. The first-order valence-electron chi connectivity index (χ1n) is 4.23. The summed E-state index contributed by atoms with van der Waals surface area (Å²) in [7, 11) is 0. The van der Waals surface area contributed by atoms with Crippen molar-refractivity contribution in [3.05, 3.63) is 0 Å². The van der Waals surface area contributed by atoms with E-state index in [1.165, 1.54) is 6.92 Å². The molecule has 0 unspecified atom stereocenters.